The average molecular weight is 306 g/mol. The van der Waals surface area contributed by atoms with Crippen molar-refractivity contribution >= 4 is 5.69 Å². The van der Waals surface area contributed by atoms with E-state index < -0.39 is 0 Å². The average Bonchev–Trinajstić information content (AvgIpc) is 2.85. The van der Waals surface area contributed by atoms with Crippen molar-refractivity contribution in [3.63, 3.8) is 0 Å². The molecule has 0 spiro atoms. The molecule has 0 aromatic heterocycles. The normalized spacial score (nSPS) is 17.8. The summed E-state index contributed by atoms with van der Waals surface area (Å²) >= 11 is 0. The van der Waals surface area contributed by atoms with Crippen LogP contribution in [0.2, 0.25) is 0 Å². The molecule has 1 heterocycles. The largest absolute Gasteiger partial charge is 0.338 e. The van der Waals surface area contributed by atoms with E-state index in [1.54, 1.807) is 0 Å². The predicted molar refractivity (Wildman–Crippen MR) is 97.8 cm³/mol. The zero-order chi connectivity index (χ0) is 16.7. The summed E-state index contributed by atoms with van der Waals surface area (Å²) in [6.45, 7) is 17.4. The van der Waals surface area contributed by atoms with Gasteiger partial charge in [-0.2, -0.15) is 0 Å². The van der Waals surface area contributed by atoms with E-state index in [0.717, 1.165) is 6.54 Å². The van der Waals surface area contributed by atoms with E-state index in [4.69, 9.17) is 0 Å². The smallest absolute Gasteiger partial charge is 0.175 e. The van der Waals surface area contributed by atoms with Gasteiger partial charge in [0.05, 0.1) is 6.04 Å². The number of hydrogen-bond acceptors (Lipinski definition) is 2. The molecular weight excluding hydrogens is 280 g/mol. The first-order valence-electron chi connectivity index (χ1n) is 8.32. The zero-order valence-electron chi connectivity index (χ0n) is 15.0. The first-order valence-corrected chi connectivity index (χ1v) is 8.32. The molecule has 2 aromatic carbocycles. The van der Waals surface area contributed by atoms with Gasteiger partial charge in [-0.25, -0.2) is 0 Å². The first kappa shape index (κ1) is 16.1. The maximum atomic E-state index is 3.37. The Morgan fingerprint density at radius 1 is 0.826 bits per heavy atom. The third-order valence-corrected chi connectivity index (χ3v) is 4.75. The highest BCUT2D eigenvalue weighted by Crippen LogP contribution is 2.38. The van der Waals surface area contributed by atoms with Gasteiger partial charge >= 0.3 is 0 Å². The third-order valence-electron chi connectivity index (χ3n) is 4.75. The molecule has 1 aliphatic rings. The molecule has 1 fully saturated rings. The SMILES string of the molecule is Cc1cc(C)c(C2CN[C]N2c2c(C)cc(C)cc2C)c(C)c1. The molecule has 2 heteroatoms. The number of aryl methyl sites for hydroxylation is 6. The van der Waals surface area contributed by atoms with E-state index in [9.17, 15) is 0 Å². The van der Waals surface area contributed by atoms with Gasteiger partial charge in [0.15, 0.2) is 6.67 Å². The van der Waals surface area contributed by atoms with Crippen LogP contribution in [0.15, 0.2) is 24.3 Å². The molecule has 1 N–H and O–H groups in total. The van der Waals surface area contributed by atoms with Gasteiger partial charge in [0.25, 0.3) is 0 Å². The Bertz CT molecular complexity index is 636. The monoisotopic (exact) mass is 306 g/mol. The highest BCUT2D eigenvalue weighted by molar-refractivity contribution is 5.64. The quantitative estimate of drug-likeness (QED) is 0.866. The second-order valence-electron chi connectivity index (χ2n) is 6.94. The molecule has 0 bridgehead atoms. The molecule has 2 aromatic rings. The van der Waals surface area contributed by atoms with E-state index >= 15 is 0 Å². The van der Waals surface area contributed by atoms with E-state index in [1.807, 2.05) is 0 Å². The minimum atomic E-state index is 0.302. The lowest BCUT2D eigenvalue weighted by Crippen LogP contribution is -2.24. The van der Waals surface area contributed by atoms with Gasteiger partial charge in [-0.15, -0.1) is 0 Å². The molecule has 120 valence electrons. The topological polar surface area (TPSA) is 15.3 Å². The maximum Gasteiger partial charge on any atom is 0.175 e. The number of anilines is 1. The van der Waals surface area contributed by atoms with Crippen LogP contribution in [0.25, 0.3) is 0 Å². The Hall–Kier alpha value is -1.80. The van der Waals surface area contributed by atoms with Crippen LogP contribution < -0.4 is 10.2 Å². The molecule has 0 saturated carbocycles. The van der Waals surface area contributed by atoms with Crippen molar-refractivity contribution in [1.82, 2.24) is 5.32 Å². The minimum absolute atomic E-state index is 0.302. The van der Waals surface area contributed by atoms with Crippen LogP contribution in [0.1, 0.15) is 45.0 Å². The fourth-order valence-electron chi connectivity index (χ4n) is 4.11. The van der Waals surface area contributed by atoms with Crippen molar-refractivity contribution in [2.45, 2.75) is 47.6 Å². The van der Waals surface area contributed by atoms with Gasteiger partial charge in [0.1, 0.15) is 0 Å². The van der Waals surface area contributed by atoms with Crippen LogP contribution in [0.3, 0.4) is 0 Å². The number of benzene rings is 2. The highest BCUT2D eigenvalue weighted by atomic mass is 15.3. The second kappa shape index (κ2) is 6.01. The standard InChI is InChI=1S/C21H26N2/c1-13-7-15(3)20(16(4)8-13)19-11-22-12-23(19)21-17(5)9-14(2)10-18(21)6/h7-10,19,22H,11H2,1-6H3. The van der Waals surface area contributed by atoms with Crippen LogP contribution >= 0.6 is 0 Å². The molecular formula is C21H26N2. The zero-order valence-corrected chi connectivity index (χ0v) is 15.0. The van der Waals surface area contributed by atoms with Gasteiger partial charge in [0, 0.05) is 12.2 Å². The Kier molecular flexibility index (Phi) is 4.20. The molecule has 2 nitrogen and oxygen atoms in total. The summed E-state index contributed by atoms with van der Waals surface area (Å²) in [5, 5.41) is 3.33. The summed E-state index contributed by atoms with van der Waals surface area (Å²) in [6.07, 6.45) is 0. The molecule has 0 amide bonds. The first-order chi connectivity index (χ1) is 10.9. The number of nitrogens with zero attached hydrogens (tertiary/aromatic N) is 1. The number of hydrogen-bond donors (Lipinski definition) is 1. The summed E-state index contributed by atoms with van der Waals surface area (Å²) in [6, 6.07) is 9.39. The van der Waals surface area contributed by atoms with Crippen molar-refractivity contribution < 1.29 is 0 Å². The van der Waals surface area contributed by atoms with Gasteiger partial charge in [0.2, 0.25) is 0 Å². The molecule has 1 atom stereocenters. The minimum Gasteiger partial charge on any atom is -0.338 e. The molecule has 1 saturated heterocycles. The molecule has 3 rings (SSSR count). The maximum absolute atomic E-state index is 3.37. The van der Waals surface area contributed by atoms with E-state index in [-0.39, 0.29) is 0 Å². The van der Waals surface area contributed by atoms with Crippen LogP contribution in [0.4, 0.5) is 5.69 Å². The molecule has 1 aliphatic heterocycles. The van der Waals surface area contributed by atoms with E-state index in [0.29, 0.717) is 6.04 Å². The van der Waals surface area contributed by atoms with Crippen molar-refractivity contribution in [2.75, 3.05) is 11.4 Å². The Labute approximate surface area is 140 Å². The summed E-state index contributed by atoms with van der Waals surface area (Å²) in [4.78, 5) is 2.30. The lowest BCUT2D eigenvalue weighted by atomic mass is 9.92. The molecule has 2 radical (unpaired) electrons. The van der Waals surface area contributed by atoms with Crippen LogP contribution in [0.5, 0.6) is 0 Å². The number of nitrogens with one attached hydrogen (secondary N) is 1. The van der Waals surface area contributed by atoms with Crippen LogP contribution in [-0.4, -0.2) is 6.54 Å². The van der Waals surface area contributed by atoms with Crippen molar-refractivity contribution in [1.29, 1.82) is 0 Å². The van der Waals surface area contributed by atoms with Crippen LogP contribution in [-0.2, 0) is 0 Å². The predicted octanol–water partition coefficient (Wildman–Crippen LogP) is 4.68. The van der Waals surface area contributed by atoms with Crippen molar-refractivity contribution in [2.24, 2.45) is 0 Å². The van der Waals surface area contributed by atoms with Gasteiger partial charge in [-0.05, 0) is 69.4 Å². The summed E-state index contributed by atoms with van der Waals surface area (Å²) in [7, 11) is 0. The van der Waals surface area contributed by atoms with E-state index in [2.05, 4.69) is 82.7 Å². The van der Waals surface area contributed by atoms with Crippen molar-refractivity contribution in [3.8, 4) is 0 Å². The lowest BCUT2D eigenvalue weighted by molar-refractivity contribution is 0.741. The van der Waals surface area contributed by atoms with E-state index in [1.165, 1.54) is 44.6 Å². The van der Waals surface area contributed by atoms with Crippen molar-refractivity contribution in [3.05, 3.63) is 69.9 Å². The van der Waals surface area contributed by atoms with Gasteiger partial charge < -0.3 is 4.90 Å². The Morgan fingerprint density at radius 3 is 1.83 bits per heavy atom. The molecule has 1 unspecified atom stereocenters. The second-order valence-corrected chi connectivity index (χ2v) is 6.94. The highest BCUT2D eigenvalue weighted by Gasteiger charge is 2.31. The van der Waals surface area contributed by atoms with Gasteiger partial charge in [-0.3, -0.25) is 5.32 Å². The summed E-state index contributed by atoms with van der Waals surface area (Å²) in [5.74, 6) is 0. The third kappa shape index (κ3) is 2.88. The Morgan fingerprint density at radius 2 is 1.30 bits per heavy atom. The number of rotatable bonds is 2. The summed E-state index contributed by atoms with van der Waals surface area (Å²) in [5.41, 5.74) is 10.7. The summed E-state index contributed by atoms with van der Waals surface area (Å²) < 4.78 is 0. The van der Waals surface area contributed by atoms with Crippen LogP contribution in [0, 0.1) is 48.2 Å². The molecule has 23 heavy (non-hydrogen) atoms. The van der Waals surface area contributed by atoms with Gasteiger partial charge in [-0.1, -0.05) is 35.4 Å². The fourth-order valence-corrected chi connectivity index (χ4v) is 4.11. The fraction of sp³-hybridized carbons (Fsp3) is 0.381. The lowest BCUT2D eigenvalue weighted by Gasteiger charge is -2.30. The Balaban J connectivity index is 2.09. The molecule has 0 aliphatic carbocycles.